The lowest BCUT2D eigenvalue weighted by Crippen LogP contribution is -2.18. The van der Waals surface area contributed by atoms with Gasteiger partial charge >= 0.3 is 5.97 Å². The Balaban J connectivity index is 2.63. The van der Waals surface area contributed by atoms with Gasteiger partial charge in [0.15, 0.2) is 0 Å². The van der Waals surface area contributed by atoms with Gasteiger partial charge in [-0.15, -0.1) is 0 Å². The molecule has 1 aromatic heterocycles. The fourth-order valence-electron chi connectivity index (χ4n) is 1.27. The summed E-state index contributed by atoms with van der Waals surface area (Å²) in [5.74, 6) is -0.421. The zero-order chi connectivity index (χ0) is 9.42. The standard InChI is InChI=1S/C8H5Cl2NO2/c9-5-3-4-1-2-13-8(12)6(4)7(10)11-5/h3H,1-2H2. The summed E-state index contributed by atoms with van der Waals surface area (Å²) in [5.41, 5.74) is 1.15. The van der Waals surface area contributed by atoms with Crippen molar-refractivity contribution >= 4 is 29.2 Å². The van der Waals surface area contributed by atoms with Crippen LogP contribution >= 0.6 is 23.2 Å². The summed E-state index contributed by atoms with van der Waals surface area (Å²) < 4.78 is 4.82. The Kier molecular flexibility index (Phi) is 2.14. The molecular weight excluding hydrogens is 213 g/mol. The lowest BCUT2D eigenvalue weighted by Gasteiger charge is -2.15. The van der Waals surface area contributed by atoms with E-state index in [1.54, 1.807) is 6.07 Å². The summed E-state index contributed by atoms with van der Waals surface area (Å²) in [4.78, 5) is 15.0. The van der Waals surface area contributed by atoms with Crippen molar-refractivity contribution in [3.63, 3.8) is 0 Å². The van der Waals surface area contributed by atoms with Gasteiger partial charge in [0.05, 0.1) is 6.61 Å². The van der Waals surface area contributed by atoms with E-state index in [4.69, 9.17) is 27.9 Å². The number of ether oxygens (including phenoxy) is 1. The molecule has 3 nitrogen and oxygen atoms in total. The lowest BCUT2D eigenvalue weighted by molar-refractivity contribution is 0.0480. The van der Waals surface area contributed by atoms with Gasteiger partial charge in [0.2, 0.25) is 0 Å². The van der Waals surface area contributed by atoms with Crippen LogP contribution in [0.2, 0.25) is 10.3 Å². The van der Waals surface area contributed by atoms with Crippen LogP contribution in [0.15, 0.2) is 6.07 Å². The number of halogens is 2. The molecule has 0 radical (unpaired) electrons. The van der Waals surface area contributed by atoms with E-state index in [9.17, 15) is 4.79 Å². The van der Waals surface area contributed by atoms with Crippen molar-refractivity contribution in [1.82, 2.24) is 4.98 Å². The van der Waals surface area contributed by atoms with Crippen LogP contribution in [0.5, 0.6) is 0 Å². The Labute approximate surface area is 84.6 Å². The first kappa shape index (κ1) is 8.78. The summed E-state index contributed by atoms with van der Waals surface area (Å²) in [7, 11) is 0. The maximum absolute atomic E-state index is 11.2. The highest BCUT2D eigenvalue weighted by molar-refractivity contribution is 6.34. The average Bonchev–Trinajstić information content (AvgIpc) is 2.02. The molecule has 0 saturated carbocycles. The number of carbonyl (C=O) groups excluding carboxylic acids is 1. The third kappa shape index (κ3) is 1.49. The topological polar surface area (TPSA) is 39.2 Å². The van der Waals surface area contributed by atoms with Crippen LogP contribution < -0.4 is 0 Å². The van der Waals surface area contributed by atoms with E-state index in [0.29, 0.717) is 23.7 Å². The van der Waals surface area contributed by atoms with Crippen LogP contribution in [0.3, 0.4) is 0 Å². The number of cyclic esters (lactones) is 1. The molecule has 0 fully saturated rings. The van der Waals surface area contributed by atoms with Crippen molar-refractivity contribution in [1.29, 1.82) is 0 Å². The van der Waals surface area contributed by atoms with Gasteiger partial charge < -0.3 is 4.74 Å². The van der Waals surface area contributed by atoms with Crippen LogP contribution in [0.4, 0.5) is 0 Å². The third-order valence-electron chi connectivity index (χ3n) is 1.83. The second-order valence-electron chi connectivity index (χ2n) is 2.66. The highest BCUT2D eigenvalue weighted by Gasteiger charge is 2.23. The fourth-order valence-corrected chi connectivity index (χ4v) is 1.82. The Morgan fingerprint density at radius 2 is 2.23 bits per heavy atom. The number of fused-ring (bicyclic) bond motifs is 1. The van der Waals surface area contributed by atoms with E-state index in [1.807, 2.05) is 0 Å². The highest BCUT2D eigenvalue weighted by Crippen LogP contribution is 2.25. The van der Waals surface area contributed by atoms with Gasteiger partial charge in [-0.3, -0.25) is 0 Å². The molecule has 0 spiro atoms. The van der Waals surface area contributed by atoms with Crippen molar-refractivity contribution in [2.24, 2.45) is 0 Å². The molecule has 1 aliphatic rings. The van der Waals surface area contributed by atoms with E-state index in [2.05, 4.69) is 4.98 Å². The number of carbonyl (C=O) groups is 1. The second kappa shape index (κ2) is 3.16. The van der Waals surface area contributed by atoms with E-state index in [-0.39, 0.29) is 5.15 Å². The van der Waals surface area contributed by atoms with Gasteiger partial charge in [0.25, 0.3) is 0 Å². The maximum Gasteiger partial charge on any atom is 0.341 e. The summed E-state index contributed by atoms with van der Waals surface area (Å²) in [6.45, 7) is 0.377. The number of nitrogens with zero attached hydrogens (tertiary/aromatic N) is 1. The summed E-state index contributed by atoms with van der Waals surface area (Å²) in [6.07, 6.45) is 0.642. The van der Waals surface area contributed by atoms with E-state index < -0.39 is 5.97 Å². The van der Waals surface area contributed by atoms with E-state index >= 15 is 0 Å². The number of hydrogen-bond acceptors (Lipinski definition) is 3. The van der Waals surface area contributed by atoms with Crippen LogP contribution in [0, 0.1) is 0 Å². The Bertz CT molecular complexity index is 379. The molecule has 0 aromatic carbocycles. The molecule has 0 bridgehead atoms. The molecule has 0 atom stereocenters. The Hall–Kier alpha value is -0.800. The Morgan fingerprint density at radius 3 is 3.00 bits per heavy atom. The number of pyridine rings is 1. The first-order valence-electron chi connectivity index (χ1n) is 3.70. The number of esters is 1. The average molecular weight is 218 g/mol. The first-order chi connectivity index (χ1) is 6.18. The number of hydrogen-bond donors (Lipinski definition) is 0. The highest BCUT2D eigenvalue weighted by atomic mass is 35.5. The number of aromatic nitrogens is 1. The van der Waals surface area contributed by atoms with Crippen molar-refractivity contribution < 1.29 is 9.53 Å². The minimum atomic E-state index is -0.421. The van der Waals surface area contributed by atoms with Crippen LogP contribution in [-0.2, 0) is 11.2 Å². The van der Waals surface area contributed by atoms with Gasteiger partial charge in [-0.05, 0) is 11.6 Å². The molecule has 0 saturated heterocycles. The summed E-state index contributed by atoms with van der Waals surface area (Å²) in [6, 6.07) is 1.64. The minimum absolute atomic E-state index is 0.118. The van der Waals surface area contributed by atoms with Gasteiger partial charge in [0, 0.05) is 6.42 Å². The first-order valence-corrected chi connectivity index (χ1v) is 4.46. The van der Waals surface area contributed by atoms with Gasteiger partial charge in [0.1, 0.15) is 15.9 Å². The zero-order valence-corrected chi connectivity index (χ0v) is 8.02. The normalized spacial score (nSPS) is 15.1. The number of rotatable bonds is 0. The van der Waals surface area contributed by atoms with Crippen molar-refractivity contribution in [2.75, 3.05) is 6.61 Å². The SMILES string of the molecule is O=C1OCCc2cc(Cl)nc(Cl)c21. The molecule has 0 N–H and O–H groups in total. The van der Waals surface area contributed by atoms with Crippen LogP contribution in [0.1, 0.15) is 15.9 Å². The van der Waals surface area contributed by atoms with Crippen LogP contribution in [0.25, 0.3) is 0 Å². The monoisotopic (exact) mass is 217 g/mol. The summed E-state index contributed by atoms with van der Waals surface area (Å²) >= 11 is 11.4. The quantitative estimate of drug-likeness (QED) is 0.494. The third-order valence-corrected chi connectivity index (χ3v) is 2.30. The molecule has 0 amide bonds. The zero-order valence-electron chi connectivity index (χ0n) is 6.51. The molecule has 5 heteroatoms. The van der Waals surface area contributed by atoms with Gasteiger partial charge in [-0.2, -0.15) is 0 Å². The van der Waals surface area contributed by atoms with Crippen molar-refractivity contribution in [3.8, 4) is 0 Å². The van der Waals surface area contributed by atoms with Gasteiger partial charge in [-0.1, -0.05) is 23.2 Å². The molecule has 2 heterocycles. The molecule has 13 heavy (non-hydrogen) atoms. The molecule has 1 aliphatic heterocycles. The predicted octanol–water partition coefficient (Wildman–Crippen LogP) is 2.10. The molecule has 0 unspecified atom stereocenters. The summed E-state index contributed by atoms with van der Waals surface area (Å²) in [5, 5.41) is 0.422. The van der Waals surface area contributed by atoms with Crippen molar-refractivity contribution in [3.05, 3.63) is 27.5 Å². The Morgan fingerprint density at radius 1 is 1.46 bits per heavy atom. The molecule has 68 valence electrons. The predicted molar refractivity (Wildman–Crippen MR) is 48.2 cm³/mol. The van der Waals surface area contributed by atoms with Crippen LogP contribution in [-0.4, -0.2) is 17.6 Å². The molecule has 1 aromatic rings. The minimum Gasteiger partial charge on any atom is -0.462 e. The maximum atomic E-state index is 11.2. The van der Waals surface area contributed by atoms with Gasteiger partial charge in [-0.25, -0.2) is 9.78 Å². The second-order valence-corrected chi connectivity index (χ2v) is 3.40. The van der Waals surface area contributed by atoms with Crippen molar-refractivity contribution in [2.45, 2.75) is 6.42 Å². The largest absolute Gasteiger partial charge is 0.462 e. The smallest absolute Gasteiger partial charge is 0.341 e. The molecule has 2 rings (SSSR count). The van der Waals surface area contributed by atoms with E-state index in [0.717, 1.165) is 5.56 Å². The fraction of sp³-hybridized carbons (Fsp3) is 0.250. The lowest BCUT2D eigenvalue weighted by atomic mass is 10.1. The molecule has 0 aliphatic carbocycles. The molecular formula is C8H5Cl2NO2. The van der Waals surface area contributed by atoms with E-state index in [1.165, 1.54) is 0 Å².